The quantitative estimate of drug-likeness (QED) is 0.887. The Morgan fingerprint density at radius 2 is 1.90 bits per heavy atom. The van der Waals surface area contributed by atoms with Crippen LogP contribution in [0.1, 0.15) is 45.9 Å². The number of alkyl carbamates (subject to hydrolysis) is 1. The van der Waals surface area contributed by atoms with Crippen LogP contribution < -0.4 is 5.32 Å². The number of H-pyrrole nitrogens is 1. The fourth-order valence-electron chi connectivity index (χ4n) is 2.28. The van der Waals surface area contributed by atoms with Crippen molar-refractivity contribution in [1.82, 2.24) is 15.5 Å². The van der Waals surface area contributed by atoms with E-state index in [-0.39, 0.29) is 0 Å². The van der Waals surface area contributed by atoms with Gasteiger partial charge in [-0.1, -0.05) is 18.2 Å². The van der Waals surface area contributed by atoms with Gasteiger partial charge in [0.1, 0.15) is 5.60 Å². The molecule has 1 aromatic heterocycles. The topological polar surface area (TPSA) is 67.0 Å². The van der Waals surface area contributed by atoms with Crippen molar-refractivity contribution in [2.45, 2.75) is 52.7 Å². The number of fused-ring (bicyclic) bond motifs is 1. The average molecular weight is 289 g/mol. The van der Waals surface area contributed by atoms with E-state index in [1.807, 2.05) is 59.7 Å². The molecule has 5 nitrogen and oxygen atoms in total. The van der Waals surface area contributed by atoms with Crippen LogP contribution in [0.3, 0.4) is 0 Å². The standard InChI is InChI=1S/C16H23N3O2/c1-10-8-7-9-11-12(10)18-19-13(11)16(5,6)17-14(20)21-15(2,3)4/h7-9H,1-6H3,(H,17,20)(H,18,19). The first-order chi connectivity index (χ1) is 9.60. The fourth-order valence-corrected chi connectivity index (χ4v) is 2.28. The Labute approximate surface area is 125 Å². The number of nitrogens with one attached hydrogen (secondary N) is 2. The van der Waals surface area contributed by atoms with Crippen molar-refractivity contribution in [3.63, 3.8) is 0 Å². The first kappa shape index (κ1) is 15.4. The summed E-state index contributed by atoms with van der Waals surface area (Å²) >= 11 is 0. The lowest BCUT2D eigenvalue weighted by molar-refractivity contribution is 0.0469. The van der Waals surface area contributed by atoms with E-state index in [4.69, 9.17) is 4.74 Å². The Morgan fingerprint density at radius 3 is 2.52 bits per heavy atom. The van der Waals surface area contributed by atoms with Crippen molar-refractivity contribution in [2.24, 2.45) is 0 Å². The van der Waals surface area contributed by atoms with E-state index in [1.54, 1.807) is 0 Å². The molecule has 0 radical (unpaired) electrons. The molecule has 0 bridgehead atoms. The molecular formula is C16H23N3O2. The molecule has 0 aliphatic carbocycles. The average Bonchev–Trinajstić information content (AvgIpc) is 2.71. The van der Waals surface area contributed by atoms with Gasteiger partial charge in [-0.25, -0.2) is 4.79 Å². The van der Waals surface area contributed by atoms with E-state index in [1.165, 1.54) is 0 Å². The summed E-state index contributed by atoms with van der Waals surface area (Å²) in [4.78, 5) is 12.0. The number of aryl methyl sites for hydroxylation is 1. The molecule has 0 aliphatic heterocycles. The van der Waals surface area contributed by atoms with Gasteiger partial charge in [0.25, 0.3) is 0 Å². The molecule has 0 saturated heterocycles. The predicted molar refractivity (Wildman–Crippen MR) is 83.2 cm³/mol. The number of hydrogen-bond donors (Lipinski definition) is 2. The molecule has 2 rings (SSSR count). The molecule has 1 heterocycles. The van der Waals surface area contributed by atoms with Gasteiger partial charge in [0.15, 0.2) is 0 Å². The molecule has 5 heteroatoms. The number of ether oxygens (including phenoxy) is 1. The molecule has 2 aromatic rings. The van der Waals surface area contributed by atoms with Crippen LogP contribution in [-0.2, 0) is 10.3 Å². The number of benzene rings is 1. The molecule has 0 fully saturated rings. The van der Waals surface area contributed by atoms with Crippen LogP contribution in [0.2, 0.25) is 0 Å². The molecule has 0 unspecified atom stereocenters. The smallest absolute Gasteiger partial charge is 0.408 e. The molecule has 0 aliphatic rings. The van der Waals surface area contributed by atoms with Crippen LogP contribution in [0.5, 0.6) is 0 Å². The van der Waals surface area contributed by atoms with Gasteiger partial charge in [-0.05, 0) is 47.1 Å². The highest BCUT2D eigenvalue weighted by Gasteiger charge is 2.29. The number of amides is 1. The Hall–Kier alpha value is -2.04. The summed E-state index contributed by atoms with van der Waals surface area (Å²) in [6.07, 6.45) is -0.442. The molecule has 0 atom stereocenters. The second kappa shape index (κ2) is 5.06. The van der Waals surface area contributed by atoms with Crippen LogP contribution in [0.15, 0.2) is 18.2 Å². The van der Waals surface area contributed by atoms with E-state index < -0.39 is 17.2 Å². The predicted octanol–water partition coefficient (Wildman–Crippen LogP) is 3.63. The largest absolute Gasteiger partial charge is 0.444 e. The minimum absolute atomic E-state index is 0.442. The zero-order valence-corrected chi connectivity index (χ0v) is 13.5. The van der Waals surface area contributed by atoms with Gasteiger partial charge in [0.05, 0.1) is 16.7 Å². The number of carbonyl (C=O) groups excluding carboxylic acids is 1. The van der Waals surface area contributed by atoms with Crippen LogP contribution in [-0.4, -0.2) is 21.9 Å². The summed E-state index contributed by atoms with van der Waals surface area (Å²) in [5, 5.41) is 11.3. The molecule has 1 aromatic carbocycles. The van der Waals surface area contributed by atoms with Crippen LogP contribution in [0, 0.1) is 6.92 Å². The van der Waals surface area contributed by atoms with Gasteiger partial charge < -0.3 is 10.1 Å². The highest BCUT2D eigenvalue weighted by Crippen LogP contribution is 2.28. The van der Waals surface area contributed by atoms with E-state index in [9.17, 15) is 4.79 Å². The van der Waals surface area contributed by atoms with Crippen molar-refractivity contribution in [3.05, 3.63) is 29.5 Å². The van der Waals surface area contributed by atoms with Crippen LogP contribution >= 0.6 is 0 Å². The zero-order valence-electron chi connectivity index (χ0n) is 13.5. The summed E-state index contributed by atoms with van der Waals surface area (Å²) in [7, 11) is 0. The van der Waals surface area contributed by atoms with Crippen molar-refractivity contribution < 1.29 is 9.53 Å². The first-order valence-electron chi connectivity index (χ1n) is 7.05. The van der Waals surface area contributed by atoms with Gasteiger partial charge in [-0.2, -0.15) is 5.10 Å². The Morgan fingerprint density at radius 1 is 1.24 bits per heavy atom. The Kier molecular flexibility index (Phi) is 3.70. The summed E-state index contributed by atoms with van der Waals surface area (Å²) < 4.78 is 5.32. The lowest BCUT2D eigenvalue weighted by atomic mass is 9.97. The van der Waals surface area contributed by atoms with Crippen molar-refractivity contribution in [3.8, 4) is 0 Å². The normalized spacial score (nSPS) is 12.5. The minimum Gasteiger partial charge on any atom is -0.444 e. The number of aromatic amines is 1. The summed E-state index contributed by atoms with van der Waals surface area (Å²) in [5.41, 5.74) is 1.76. The number of para-hydroxylation sites is 1. The second-order valence-electron chi connectivity index (χ2n) is 6.82. The molecular weight excluding hydrogens is 266 g/mol. The molecule has 1 amide bonds. The van der Waals surface area contributed by atoms with Crippen molar-refractivity contribution in [2.75, 3.05) is 0 Å². The van der Waals surface area contributed by atoms with E-state index >= 15 is 0 Å². The van der Waals surface area contributed by atoms with Gasteiger partial charge >= 0.3 is 6.09 Å². The monoisotopic (exact) mass is 289 g/mol. The summed E-state index contributed by atoms with van der Waals surface area (Å²) in [5.74, 6) is 0. The highest BCUT2D eigenvalue weighted by atomic mass is 16.6. The SMILES string of the molecule is Cc1cccc2c(C(C)(C)NC(=O)OC(C)(C)C)[nH]nc12. The number of aromatic nitrogens is 2. The van der Waals surface area contributed by atoms with Crippen molar-refractivity contribution in [1.29, 1.82) is 0 Å². The maximum atomic E-state index is 12.0. The summed E-state index contributed by atoms with van der Waals surface area (Å²) in [6.45, 7) is 11.4. The number of carbonyl (C=O) groups is 1. The van der Waals surface area contributed by atoms with Crippen molar-refractivity contribution >= 4 is 17.0 Å². The maximum Gasteiger partial charge on any atom is 0.408 e. The van der Waals surface area contributed by atoms with Gasteiger partial charge in [0.2, 0.25) is 0 Å². The van der Waals surface area contributed by atoms with E-state index in [0.717, 1.165) is 22.2 Å². The first-order valence-corrected chi connectivity index (χ1v) is 7.05. The van der Waals surface area contributed by atoms with E-state index in [0.29, 0.717) is 0 Å². The molecule has 21 heavy (non-hydrogen) atoms. The molecule has 114 valence electrons. The lowest BCUT2D eigenvalue weighted by Crippen LogP contribution is -2.44. The van der Waals surface area contributed by atoms with Gasteiger partial charge in [-0.3, -0.25) is 5.10 Å². The number of hydrogen-bond acceptors (Lipinski definition) is 3. The van der Waals surface area contributed by atoms with Gasteiger partial charge in [0, 0.05) is 5.39 Å². The highest BCUT2D eigenvalue weighted by molar-refractivity contribution is 5.85. The zero-order chi connectivity index (χ0) is 15.8. The van der Waals surface area contributed by atoms with E-state index in [2.05, 4.69) is 15.5 Å². The molecule has 0 saturated carbocycles. The molecule has 2 N–H and O–H groups in total. The summed E-state index contributed by atoms with van der Waals surface area (Å²) in [6, 6.07) is 6.00. The maximum absolute atomic E-state index is 12.0. The third kappa shape index (κ3) is 3.35. The van der Waals surface area contributed by atoms with Crippen LogP contribution in [0.25, 0.3) is 10.9 Å². The Balaban J connectivity index is 2.30. The van der Waals surface area contributed by atoms with Crippen LogP contribution in [0.4, 0.5) is 4.79 Å². The molecule has 0 spiro atoms. The second-order valence-corrected chi connectivity index (χ2v) is 6.82. The lowest BCUT2D eigenvalue weighted by Gasteiger charge is -2.28. The number of rotatable bonds is 2. The third-order valence-electron chi connectivity index (χ3n) is 3.23. The fraction of sp³-hybridized carbons (Fsp3) is 0.500. The van der Waals surface area contributed by atoms with Gasteiger partial charge in [-0.15, -0.1) is 0 Å². The Bertz CT molecular complexity index is 666. The minimum atomic E-state index is -0.606. The number of nitrogens with zero attached hydrogens (tertiary/aromatic N) is 1. The third-order valence-corrected chi connectivity index (χ3v) is 3.23.